The average Bonchev–Trinajstić information content (AvgIpc) is 2.87. The van der Waals surface area contributed by atoms with Crippen LogP contribution >= 0.6 is 0 Å². The van der Waals surface area contributed by atoms with Crippen molar-refractivity contribution in [2.24, 2.45) is 5.92 Å². The Labute approximate surface area is 201 Å². The number of ether oxygens (including phenoxy) is 1. The number of hydrogen-bond donors (Lipinski definition) is 2. The molecular weight excluding hydrogens is 430 g/mol. The van der Waals surface area contributed by atoms with E-state index in [2.05, 4.69) is 10.6 Å². The highest BCUT2D eigenvalue weighted by Crippen LogP contribution is 2.24. The molecule has 7 heteroatoms. The van der Waals surface area contributed by atoms with Crippen LogP contribution in [0.15, 0.2) is 48.5 Å². The molecule has 0 radical (unpaired) electrons. The summed E-state index contributed by atoms with van der Waals surface area (Å²) in [5.41, 5.74) is 2.04. The Bertz CT molecular complexity index is 997. The predicted molar refractivity (Wildman–Crippen MR) is 132 cm³/mol. The molecule has 0 unspecified atom stereocenters. The Balaban J connectivity index is 1.70. The second-order valence-corrected chi connectivity index (χ2v) is 8.94. The van der Waals surface area contributed by atoms with E-state index in [-0.39, 0.29) is 29.7 Å². The van der Waals surface area contributed by atoms with Crippen LogP contribution in [0.1, 0.15) is 59.4 Å². The van der Waals surface area contributed by atoms with Crippen LogP contribution in [0.3, 0.4) is 0 Å². The molecule has 0 aliphatic carbocycles. The highest BCUT2D eigenvalue weighted by molar-refractivity contribution is 5.99. The summed E-state index contributed by atoms with van der Waals surface area (Å²) in [7, 11) is 1.59. The molecule has 0 saturated carbocycles. The Morgan fingerprint density at radius 1 is 1.03 bits per heavy atom. The van der Waals surface area contributed by atoms with E-state index < -0.39 is 6.04 Å². The summed E-state index contributed by atoms with van der Waals surface area (Å²) in [6.07, 6.45) is 2.07. The number of methoxy groups -OCH3 is 1. The van der Waals surface area contributed by atoms with Gasteiger partial charge in [0.05, 0.1) is 7.11 Å². The molecule has 0 bridgehead atoms. The molecular formula is C27H35N3O4. The van der Waals surface area contributed by atoms with Gasteiger partial charge in [0.25, 0.3) is 11.8 Å². The van der Waals surface area contributed by atoms with Crippen molar-refractivity contribution in [2.45, 2.75) is 52.1 Å². The summed E-state index contributed by atoms with van der Waals surface area (Å²) in [6.45, 7) is 6.90. The lowest BCUT2D eigenvalue weighted by molar-refractivity contribution is -0.125. The molecule has 1 saturated heterocycles. The lowest BCUT2D eigenvalue weighted by Crippen LogP contribution is -2.55. The first-order valence-corrected chi connectivity index (χ1v) is 11.9. The van der Waals surface area contributed by atoms with Gasteiger partial charge in [-0.15, -0.1) is 0 Å². The maximum Gasteiger partial charge on any atom is 0.253 e. The van der Waals surface area contributed by atoms with Gasteiger partial charge in [-0.1, -0.05) is 25.1 Å². The number of nitrogens with one attached hydrogen (secondary N) is 2. The fourth-order valence-corrected chi connectivity index (χ4v) is 4.23. The van der Waals surface area contributed by atoms with Crippen LogP contribution in [0.25, 0.3) is 0 Å². The fraction of sp³-hybridized carbons (Fsp3) is 0.444. The zero-order chi connectivity index (χ0) is 24.7. The summed E-state index contributed by atoms with van der Waals surface area (Å²) < 4.78 is 5.17. The topological polar surface area (TPSA) is 87.7 Å². The third kappa shape index (κ3) is 6.16. The molecule has 1 fully saturated rings. The largest absolute Gasteiger partial charge is 0.497 e. The molecule has 0 aromatic heterocycles. The van der Waals surface area contributed by atoms with Gasteiger partial charge in [0.15, 0.2) is 0 Å². The number of likely N-dealkylation sites (tertiary alicyclic amines) is 1. The van der Waals surface area contributed by atoms with E-state index in [0.29, 0.717) is 42.8 Å². The van der Waals surface area contributed by atoms with E-state index in [1.165, 1.54) is 0 Å². The second-order valence-electron chi connectivity index (χ2n) is 8.94. The van der Waals surface area contributed by atoms with E-state index in [4.69, 9.17) is 4.74 Å². The number of carbonyl (C=O) groups is 3. The molecule has 1 aliphatic rings. The number of piperidine rings is 1. The maximum absolute atomic E-state index is 13.1. The highest BCUT2D eigenvalue weighted by atomic mass is 16.5. The third-order valence-electron chi connectivity index (χ3n) is 6.59. The standard InChI is InChI=1S/C27H35N3O4/c1-5-19(3)28-26(32)24(29-25(31)23-9-7-6-8-18(23)2)20-14-16-30(17-15-20)27(33)21-10-12-22(34-4)13-11-21/h6-13,19-20,24H,5,14-17H2,1-4H3,(H,28,32)(H,29,31)/t19-,24+/m0/s1. The van der Waals surface area contributed by atoms with Gasteiger partial charge in [-0.2, -0.15) is 0 Å². The van der Waals surface area contributed by atoms with Crippen LogP contribution in [0, 0.1) is 12.8 Å². The number of benzene rings is 2. The molecule has 3 amide bonds. The number of aryl methyl sites for hydroxylation is 1. The van der Waals surface area contributed by atoms with Crippen LogP contribution in [-0.4, -0.2) is 54.9 Å². The molecule has 2 aromatic rings. The van der Waals surface area contributed by atoms with Gasteiger partial charge in [0, 0.05) is 30.3 Å². The number of rotatable bonds is 8. The van der Waals surface area contributed by atoms with E-state index >= 15 is 0 Å². The normalized spacial score (nSPS) is 15.8. The van der Waals surface area contributed by atoms with Crippen LogP contribution in [0.2, 0.25) is 0 Å². The predicted octanol–water partition coefficient (Wildman–Crippen LogP) is 3.57. The first-order valence-electron chi connectivity index (χ1n) is 11.9. The second kappa shape index (κ2) is 11.7. The van der Waals surface area contributed by atoms with Crippen LogP contribution in [-0.2, 0) is 4.79 Å². The quantitative estimate of drug-likeness (QED) is 0.624. The summed E-state index contributed by atoms with van der Waals surface area (Å²) in [5.74, 6) is 0.188. The Kier molecular flexibility index (Phi) is 8.68. The first-order chi connectivity index (χ1) is 16.3. The number of hydrogen-bond acceptors (Lipinski definition) is 4. The minimum absolute atomic E-state index is 0.0158. The third-order valence-corrected chi connectivity index (χ3v) is 6.59. The molecule has 2 atom stereocenters. The Morgan fingerprint density at radius 2 is 1.68 bits per heavy atom. The number of amides is 3. The molecule has 0 spiro atoms. The monoisotopic (exact) mass is 465 g/mol. The molecule has 2 N–H and O–H groups in total. The van der Waals surface area contributed by atoms with Crippen molar-refractivity contribution < 1.29 is 19.1 Å². The van der Waals surface area contributed by atoms with Crippen LogP contribution in [0.4, 0.5) is 0 Å². The first kappa shape index (κ1) is 25.3. The van der Waals surface area contributed by atoms with E-state index in [0.717, 1.165) is 12.0 Å². The zero-order valence-corrected chi connectivity index (χ0v) is 20.5. The molecule has 1 aliphatic heterocycles. The van der Waals surface area contributed by atoms with Crippen molar-refractivity contribution in [1.29, 1.82) is 0 Å². The number of carbonyl (C=O) groups excluding carboxylic acids is 3. The lowest BCUT2D eigenvalue weighted by Gasteiger charge is -2.36. The molecule has 7 nitrogen and oxygen atoms in total. The van der Waals surface area contributed by atoms with Gasteiger partial charge in [-0.25, -0.2) is 0 Å². The zero-order valence-electron chi connectivity index (χ0n) is 20.5. The summed E-state index contributed by atoms with van der Waals surface area (Å²) in [5, 5.41) is 6.02. The van der Waals surface area contributed by atoms with Gasteiger partial charge in [-0.05, 0) is 74.9 Å². The summed E-state index contributed by atoms with van der Waals surface area (Å²) >= 11 is 0. The van der Waals surface area contributed by atoms with Gasteiger partial charge in [0.1, 0.15) is 11.8 Å². The molecule has 1 heterocycles. The molecule has 34 heavy (non-hydrogen) atoms. The van der Waals surface area contributed by atoms with Crippen LogP contribution in [0.5, 0.6) is 5.75 Å². The summed E-state index contributed by atoms with van der Waals surface area (Å²) in [4.78, 5) is 40.9. The van der Waals surface area contributed by atoms with E-state index in [1.807, 2.05) is 43.9 Å². The van der Waals surface area contributed by atoms with Crippen molar-refractivity contribution in [1.82, 2.24) is 15.5 Å². The van der Waals surface area contributed by atoms with Crippen molar-refractivity contribution in [3.63, 3.8) is 0 Å². The minimum atomic E-state index is -0.653. The lowest BCUT2D eigenvalue weighted by atomic mass is 9.88. The number of nitrogens with zero attached hydrogens (tertiary/aromatic N) is 1. The van der Waals surface area contributed by atoms with E-state index in [1.54, 1.807) is 37.4 Å². The average molecular weight is 466 g/mol. The van der Waals surface area contributed by atoms with Gasteiger partial charge in [0.2, 0.25) is 5.91 Å². The van der Waals surface area contributed by atoms with Crippen LogP contribution < -0.4 is 15.4 Å². The Morgan fingerprint density at radius 3 is 2.26 bits per heavy atom. The van der Waals surface area contributed by atoms with Crippen molar-refractivity contribution in [3.05, 3.63) is 65.2 Å². The van der Waals surface area contributed by atoms with Crippen molar-refractivity contribution in [3.8, 4) is 5.75 Å². The van der Waals surface area contributed by atoms with Crippen molar-refractivity contribution in [2.75, 3.05) is 20.2 Å². The molecule has 182 valence electrons. The van der Waals surface area contributed by atoms with Crippen molar-refractivity contribution >= 4 is 17.7 Å². The maximum atomic E-state index is 13.1. The Hall–Kier alpha value is -3.35. The molecule has 3 rings (SSSR count). The van der Waals surface area contributed by atoms with Gasteiger partial charge in [-0.3, -0.25) is 14.4 Å². The SMILES string of the molecule is CC[C@H](C)NC(=O)[C@H](NC(=O)c1ccccc1C)C1CCN(C(=O)c2ccc(OC)cc2)CC1. The molecule has 2 aromatic carbocycles. The fourth-order valence-electron chi connectivity index (χ4n) is 4.23. The highest BCUT2D eigenvalue weighted by Gasteiger charge is 2.34. The van der Waals surface area contributed by atoms with Gasteiger partial charge >= 0.3 is 0 Å². The minimum Gasteiger partial charge on any atom is -0.497 e. The van der Waals surface area contributed by atoms with E-state index in [9.17, 15) is 14.4 Å². The van der Waals surface area contributed by atoms with Gasteiger partial charge < -0.3 is 20.3 Å². The summed E-state index contributed by atoms with van der Waals surface area (Å²) in [6, 6.07) is 13.8. The smallest absolute Gasteiger partial charge is 0.253 e.